The minimum Gasteiger partial charge on any atom is -0.388 e. The monoisotopic (exact) mass is 316 g/mol. The van der Waals surface area contributed by atoms with E-state index in [0.717, 1.165) is 25.7 Å². The zero-order valence-electron chi connectivity index (χ0n) is 13.5. The van der Waals surface area contributed by atoms with Crippen molar-refractivity contribution in [2.45, 2.75) is 88.4 Å². The van der Waals surface area contributed by atoms with Gasteiger partial charge in [0, 0.05) is 12.8 Å². The Labute approximate surface area is 131 Å². The van der Waals surface area contributed by atoms with E-state index >= 15 is 0 Å². The minimum atomic E-state index is -1.15. The van der Waals surface area contributed by atoms with Crippen LogP contribution < -0.4 is 0 Å². The van der Waals surface area contributed by atoms with Crippen molar-refractivity contribution in [3.8, 4) is 0 Å². The number of rotatable bonds is 4. The van der Waals surface area contributed by atoms with Gasteiger partial charge in [0.1, 0.15) is 18.3 Å². The highest BCUT2D eigenvalue weighted by atomic mass is 16.8. The summed E-state index contributed by atoms with van der Waals surface area (Å²) in [6.45, 7) is 3.85. The molecule has 1 unspecified atom stereocenters. The molecule has 2 N–H and O–H groups in total. The van der Waals surface area contributed by atoms with E-state index in [1.807, 2.05) is 0 Å². The fourth-order valence-corrected chi connectivity index (χ4v) is 3.65. The molecule has 6 heteroatoms. The summed E-state index contributed by atoms with van der Waals surface area (Å²) in [6.07, 6.45) is 4.41. The van der Waals surface area contributed by atoms with Crippen molar-refractivity contribution in [2.24, 2.45) is 0 Å². The average Bonchev–Trinajstić information content (AvgIpc) is 2.81. The summed E-state index contributed by atoms with van der Waals surface area (Å²) in [5.74, 6) is -1.68. The van der Waals surface area contributed by atoms with Gasteiger partial charge in [-0.1, -0.05) is 6.42 Å². The van der Waals surface area contributed by atoms with Crippen molar-refractivity contribution < 1.29 is 29.2 Å². The van der Waals surface area contributed by atoms with E-state index in [0.29, 0.717) is 13.0 Å². The van der Waals surface area contributed by atoms with E-state index in [4.69, 9.17) is 18.9 Å². The van der Waals surface area contributed by atoms with Crippen LogP contribution in [-0.4, -0.2) is 59.4 Å². The van der Waals surface area contributed by atoms with Gasteiger partial charge >= 0.3 is 0 Å². The highest BCUT2D eigenvalue weighted by Gasteiger charge is 2.55. The van der Waals surface area contributed by atoms with Crippen LogP contribution in [0.2, 0.25) is 0 Å². The number of fused-ring (bicyclic) bond motifs is 1. The normalized spacial score (nSPS) is 38.2. The third-order valence-corrected chi connectivity index (χ3v) is 4.73. The summed E-state index contributed by atoms with van der Waals surface area (Å²) in [4.78, 5) is 0. The molecule has 0 bridgehead atoms. The topological polar surface area (TPSA) is 77.4 Å². The molecule has 1 saturated carbocycles. The SMILES string of the molecule is CC(C)(O)OCCC1OC[C@H](O)[C@@H]2OC3(CCCCC3)O[C@H]12. The number of ether oxygens (including phenoxy) is 4. The van der Waals surface area contributed by atoms with Crippen LogP contribution in [0.4, 0.5) is 0 Å². The Morgan fingerprint density at radius 1 is 1.14 bits per heavy atom. The van der Waals surface area contributed by atoms with Crippen LogP contribution in [-0.2, 0) is 18.9 Å². The lowest BCUT2D eigenvalue weighted by molar-refractivity contribution is -0.203. The molecule has 3 fully saturated rings. The summed E-state index contributed by atoms with van der Waals surface area (Å²) in [5.41, 5.74) is 0. The third kappa shape index (κ3) is 3.63. The maximum absolute atomic E-state index is 10.2. The third-order valence-electron chi connectivity index (χ3n) is 4.73. The molecule has 1 aliphatic carbocycles. The highest BCUT2D eigenvalue weighted by molar-refractivity contribution is 4.97. The predicted molar refractivity (Wildman–Crippen MR) is 78.2 cm³/mol. The fraction of sp³-hybridized carbons (Fsp3) is 1.00. The molecular weight excluding hydrogens is 288 g/mol. The van der Waals surface area contributed by atoms with Gasteiger partial charge in [0.05, 0.1) is 19.3 Å². The molecule has 2 saturated heterocycles. The molecule has 3 rings (SSSR count). The van der Waals surface area contributed by atoms with E-state index in [1.165, 1.54) is 6.42 Å². The van der Waals surface area contributed by atoms with Gasteiger partial charge < -0.3 is 29.2 Å². The van der Waals surface area contributed by atoms with Gasteiger partial charge in [-0.2, -0.15) is 0 Å². The molecule has 0 radical (unpaired) electrons. The number of aliphatic hydroxyl groups is 2. The van der Waals surface area contributed by atoms with Gasteiger partial charge in [-0.05, 0) is 33.1 Å². The van der Waals surface area contributed by atoms with Crippen molar-refractivity contribution in [2.75, 3.05) is 13.2 Å². The molecule has 2 heterocycles. The van der Waals surface area contributed by atoms with Crippen LogP contribution in [0, 0.1) is 0 Å². The van der Waals surface area contributed by atoms with Gasteiger partial charge in [-0.25, -0.2) is 0 Å². The molecule has 1 spiro atoms. The van der Waals surface area contributed by atoms with Gasteiger partial charge in [-0.15, -0.1) is 0 Å². The predicted octanol–water partition coefficient (Wildman–Crippen LogP) is 1.33. The zero-order chi connectivity index (χ0) is 15.8. The van der Waals surface area contributed by atoms with Crippen LogP contribution in [0.1, 0.15) is 52.4 Å². The Hall–Kier alpha value is -0.240. The minimum absolute atomic E-state index is 0.169. The van der Waals surface area contributed by atoms with E-state index in [9.17, 15) is 10.2 Å². The number of hydrogen-bond acceptors (Lipinski definition) is 6. The van der Waals surface area contributed by atoms with E-state index < -0.39 is 17.7 Å². The highest BCUT2D eigenvalue weighted by Crippen LogP contribution is 2.44. The van der Waals surface area contributed by atoms with E-state index in [-0.39, 0.29) is 24.9 Å². The quantitative estimate of drug-likeness (QED) is 0.762. The molecule has 128 valence electrons. The van der Waals surface area contributed by atoms with Crippen molar-refractivity contribution in [3.05, 3.63) is 0 Å². The van der Waals surface area contributed by atoms with Gasteiger partial charge in [0.2, 0.25) is 0 Å². The van der Waals surface area contributed by atoms with Gasteiger partial charge in [-0.3, -0.25) is 0 Å². The average molecular weight is 316 g/mol. The summed E-state index contributed by atoms with van der Waals surface area (Å²) < 4.78 is 23.5. The molecule has 0 aromatic carbocycles. The molecule has 4 atom stereocenters. The molecule has 0 aromatic rings. The summed E-state index contributed by atoms with van der Waals surface area (Å²) in [7, 11) is 0. The first-order valence-corrected chi connectivity index (χ1v) is 8.40. The Morgan fingerprint density at radius 2 is 1.82 bits per heavy atom. The first kappa shape index (κ1) is 16.6. The Bertz CT molecular complexity index is 373. The second-order valence-corrected chi connectivity index (χ2v) is 7.16. The van der Waals surface area contributed by atoms with Crippen LogP contribution >= 0.6 is 0 Å². The maximum atomic E-state index is 10.2. The fourth-order valence-electron chi connectivity index (χ4n) is 3.65. The maximum Gasteiger partial charge on any atom is 0.169 e. The second kappa shape index (κ2) is 6.34. The standard InChI is InChI=1S/C16H28O6/c1-15(2,18)20-9-6-12-14-13(11(17)10-19-12)21-16(22-14)7-4-3-5-8-16/h11-14,17-18H,3-10H2,1-2H3/t11-,12?,13-,14+/m0/s1. The van der Waals surface area contributed by atoms with E-state index in [2.05, 4.69) is 0 Å². The van der Waals surface area contributed by atoms with Crippen LogP contribution in [0.15, 0.2) is 0 Å². The molecule has 6 nitrogen and oxygen atoms in total. The second-order valence-electron chi connectivity index (χ2n) is 7.16. The Kier molecular flexibility index (Phi) is 4.79. The van der Waals surface area contributed by atoms with E-state index in [1.54, 1.807) is 13.8 Å². The molecular formula is C16H28O6. The summed E-state index contributed by atoms with van der Waals surface area (Å²) >= 11 is 0. The van der Waals surface area contributed by atoms with Crippen LogP contribution in [0.3, 0.4) is 0 Å². The van der Waals surface area contributed by atoms with Gasteiger partial charge in [0.25, 0.3) is 0 Å². The first-order valence-electron chi connectivity index (χ1n) is 8.40. The first-order chi connectivity index (χ1) is 10.4. The molecule has 0 aromatic heterocycles. The molecule has 2 aliphatic heterocycles. The molecule has 22 heavy (non-hydrogen) atoms. The summed E-state index contributed by atoms with van der Waals surface area (Å²) in [6, 6.07) is 0. The van der Waals surface area contributed by atoms with Crippen molar-refractivity contribution in [1.29, 1.82) is 0 Å². The Balaban J connectivity index is 1.61. The van der Waals surface area contributed by atoms with Gasteiger partial charge in [0.15, 0.2) is 11.6 Å². The molecule has 3 aliphatic rings. The lowest BCUT2D eigenvalue weighted by Gasteiger charge is -2.35. The van der Waals surface area contributed by atoms with Crippen molar-refractivity contribution in [3.63, 3.8) is 0 Å². The van der Waals surface area contributed by atoms with Crippen molar-refractivity contribution in [1.82, 2.24) is 0 Å². The van der Waals surface area contributed by atoms with Crippen LogP contribution in [0.5, 0.6) is 0 Å². The molecule has 0 amide bonds. The number of hydrogen-bond donors (Lipinski definition) is 2. The lowest BCUT2D eigenvalue weighted by Crippen LogP contribution is -2.51. The smallest absolute Gasteiger partial charge is 0.169 e. The largest absolute Gasteiger partial charge is 0.388 e. The zero-order valence-corrected chi connectivity index (χ0v) is 13.5. The Morgan fingerprint density at radius 3 is 2.50 bits per heavy atom. The lowest BCUT2D eigenvalue weighted by atomic mass is 9.94. The van der Waals surface area contributed by atoms with Crippen LogP contribution in [0.25, 0.3) is 0 Å². The van der Waals surface area contributed by atoms with Crippen molar-refractivity contribution >= 4 is 0 Å². The number of aliphatic hydroxyl groups excluding tert-OH is 1. The summed E-state index contributed by atoms with van der Waals surface area (Å²) in [5, 5.41) is 19.8.